The van der Waals surface area contributed by atoms with Crippen LogP contribution < -0.4 is 10.2 Å². The van der Waals surface area contributed by atoms with Gasteiger partial charge in [-0.15, -0.1) is 0 Å². The van der Waals surface area contributed by atoms with Crippen LogP contribution in [0, 0.1) is 5.92 Å². The molecule has 0 bridgehead atoms. The second-order valence-corrected chi connectivity index (χ2v) is 6.04. The van der Waals surface area contributed by atoms with Crippen molar-refractivity contribution in [2.75, 3.05) is 31.3 Å². The van der Waals surface area contributed by atoms with Gasteiger partial charge in [-0.2, -0.15) is 0 Å². The maximum atomic E-state index is 11.6. The smallest absolute Gasteiger partial charge is 0.230 e. The zero-order valence-electron chi connectivity index (χ0n) is 11.6. The number of carbonyl (C=O) groups is 1. The minimum atomic E-state index is -0.0197. The van der Waals surface area contributed by atoms with E-state index in [0.29, 0.717) is 28.5 Å². The highest BCUT2D eigenvalue weighted by Gasteiger charge is 2.08. The molecule has 0 aromatic carbocycles. The number of nitrogens with one attached hydrogen (secondary N) is 1. The summed E-state index contributed by atoms with van der Waals surface area (Å²) in [4.78, 5) is 21.8. The number of hydrogen-bond donors (Lipinski definition) is 1. The summed E-state index contributed by atoms with van der Waals surface area (Å²) in [6.45, 7) is 4.78. The van der Waals surface area contributed by atoms with Crippen LogP contribution in [0.2, 0.25) is 5.15 Å². The number of aromatic nitrogens is 2. The first-order valence-corrected chi connectivity index (χ1v) is 7.36. The molecule has 0 aliphatic rings. The van der Waals surface area contributed by atoms with E-state index in [4.69, 9.17) is 11.6 Å². The molecule has 0 atom stereocenters. The number of hydrogen-bond acceptors (Lipinski definition) is 5. The highest BCUT2D eigenvalue weighted by Crippen LogP contribution is 2.20. The van der Waals surface area contributed by atoms with Crippen LogP contribution in [-0.2, 0) is 4.79 Å². The van der Waals surface area contributed by atoms with Crippen molar-refractivity contribution in [3.8, 4) is 0 Å². The van der Waals surface area contributed by atoms with Crippen LogP contribution in [0.5, 0.6) is 0 Å². The molecule has 0 fully saturated rings. The second kappa shape index (κ2) is 7.55. The molecule has 5 nitrogen and oxygen atoms in total. The van der Waals surface area contributed by atoms with Gasteiger partial charge in [0.1, 0.15) is 11.0 Å². The maximum absolute atomic E-state index is 11.6. The molecule has 0 spiro atoms. The number of thioether (sulfide) groups is 1. The molecule has 19 heavy (non-hydrogen) atoms. The SMILES string of the molecule is CC(C)CNC(=O)CSc1nc(Cl)cc(N(C)C)n1. The average molecular weight is 303 g/mol. The minimum Gasteiger partial charge on any atom is -0.363 e. The molecule has 0 radical (unpaired) electrons. The monoisotopic (exact) mass is 302 g/mol. The molecule has 0 saturated carbocycles. The van der Waals surface area contributed by atoms with Crippen molar-refractivity contribution < 1.29 is 4.79 Å². The second-order valence-electron chi connectivity index (χ2n) is 4.71. The molecule has 1 heterocycles. The Morgan fingerprint density at radius 2 is 2.16 bits per heavy atom. The summed E-state index contributed by atoms with van der Waals surface area (Å²) in [5.41, 5.74) is 0. The fourth-order valence-corrected chi connectivity index (χ4v) is 2.09. The van der Waals surface area contributed by atoms with Gasteiger partial charge in [0, 0.05) is 26.7 Å². The van der Waals surface area contributed by atoms with Crippen LogP contribution in [0.4, 0.5) is 5.82 Å². The number of carbonyl (C=O) groups excluding carboxylic acids is 1. The van der Waals surface area contributed by atoms with Gasteiger partial charge in [0.15, 0.2) is 5.16 Å². The van der Waals surface area contributed by atoms with Gasteiger partial charge < -0.3 is 10.2 Å². The van der Waals surface area contributed by atoms with Crippen LogP contribution in [0.15, 0.2) is 11.2 Å². The Hall–Kier alpha value is -1.01. The number of amides is 1. The summed E-state index contributed by atoms with van der Waals surface area (Å²) in [6.07, 6.45) is 0. The summed E-state index contributed by atoms with van der Waals surface area (Å²) in [7, 11) is 3.75. The first-order valence-electron chi connectivity index (χ1n) is 6.00. The van der Waals surface area contributed by atoms with Crippen molar-refractivity contribution in [3.63, 3.8) is 0 Å². The normalized spacial score (nSPS) is 10.6. The number of nitrogens with zero attached hydrogens (tertiary/aromatic N) is 3. The van der Waals surface area contributed by atoms with Crippen LogP contribution in [0.3, 0.4) is 0 Å². The number of halogens is 1. The molecule has 0 aliphatic carbocycles. The highest BCUT2D eigenvalue weighted by molar-refractivity contribution is 7.99. The molecule has 0 unspecified atom stereocenters. The lowest BCUT2D eigenvalue weighted by atomic mass is 10.2. The lowest BCUT2D eigenvalue weighted by molar-refractivity contribution is -0.118. The standard InChI is InChI=1S/C12H19ClN4OS/c1-8(2)6-14-11(18)7-19-12-15-9(13)5-10(16-12)17(3)4/h5,8H,6-7H2,1-4H3,(H,14,18). The minimum absolute atomic E-state index is 0.0197. The van der Waals surface area contributed by atoms with E-state index in [9.17, 15) is 4.79 Å². The van der Waals surface area contributed by atoms with Crippen LogP contribution >= 0.6 is 23.4 Å². The van der Waals surface area contributed by atoms with Gasteiger partial charge >= 0.3 is 0 Å². The van der Waals surface area contributed by atoms with Gasteiger partial charge in [0.2, 0.25) is 5.91 Å². The van der Waals surface area contributed by atoms with E-state index in [1.807, 2.05) is 19.0 Å². The van der Waals surface area contributed by atoms with Crippen molar-refractivity contribution in [2.45, 2.75) is 19.0 Å². The molecule has 1 amide bonds. The first-order chi connectivity index (χ1) is 8.88. The lowest BCUT2D eigenvalue weighted by Gasteiger charge is -2.12. The molecule has 7 heteroatoms. The molecule has 1 N–H and O–H groups in total. The molecule has 1 rings (SSSR count). The molecular weight excluding hydrogens is 284 g/mol. The van der Waals surface area contributed by atoms with Crippen molar-refractivity contribution >= 4 is 35.1 Å². The van der Waals surface area contributed by atoms with Crippen LogP contribution in [-0.4, -0.2) is 42.3 Å². The first kappa shape index (κ1) is 16.0. The zero-order valence-corrected chi connectivity index (χ0v) is 13.2. The van der Waals surface area contributed by atoms with E-state index >= 15 is 0 Å². The maximum Gasteiger partial charge on any atom is 0.230 e. The van der Waals surface area contributed by atoms with Gasteiger partial charge in [-0.05, 0) is 5.92 Å². The highest BCUT2D eigenvalue weighted by atomic mass is 35.5. The summed E-state index contributed by atoms with van der Waals surface area (Å²) in [6, 6.07) is 1.68. The molecule has 106 valence electrons. The van der Waals surface area contributed by atoms with E-state index in [-0.39, 0.29) is 5.91 Å². The van der Waals surface area contributed by atoms with E-state index in [1.165, 1.54) is 11.8 Å². The van der Waals surface area contributed by atoms with E-state index in [0.717, 1.165) is 5.82 Å². The van der Waals surface area contributed by atoms with E-state index in [1.54, 1.807) is 6.07 Å². The van der Waals surface area contributed by atoms with Crippen molar-refractivity contribution in [3.05, 3.63) is 11.2 Å². The van der Waals surface area contributed by atoms with E-state index < -0.39 is 0 Å². The third kappa shape index (κ3) is 6.11. The zero-order chi connectivity index (χ0) is 14.4. The van der Waals surface area contributed by atoms with Crippen molar-refractivity contribution in [1.29, 1.82) is 0 Å². The Kier molecular flexibility index (Phi) is 6.37. The van der Waals surface area contributed by atoms with Crippen molar-refractivity contribution in [2.24, 2.45) is 5.92 Å². The van der Waals surface area contributed by atoms with Gasteiger partial charge in [-0.3, -0.25) is 4.79 Å². The quantitative estimate of drug-likeness (QED) is 0.495. The van der Waals surface area contributed by atoms with Gasteiger partial charge in [-0.25, -0.2) is 9.97 Å². The Morgan fingerprint density at radius 1 is 1.47 bits per heavy atom. The summed E-state index contributed by atoms with van der Waals surface area (Å²) < 4.78 is 0. The van der Waals surface area contributed by atoms with Crippen LogP contribution in [0.1, 0.15) is 13.8 Å². The third-order valence-electron chi connectivity index (χ3n) is 2.16. The Morgan fingerprint density at radius 3 is 2.74 bits per heavy atom. The molecule has 1 aromatic heterocycles. The predicted molar refractivity (Wildman–Crippen MR) is 79.9 cm³/mol. The Bertz CT molecular complexity index is 440. The average Bonchev–Trinajstić information content (AvgIpc) is 2.33. The Balaban J connectivity index is 2.55. The summed E-state index contributed by atoms with van der Waals surface area (Å²) >= 11 is 7.20. The third-order valence-corrected chi connectivity index (χ3v) is 3.20. The van der Waals surface area contributed by atoms with Gasteiger partial charge in [-0.1, -0.05) is 37.2 Å². The molecule has 0 aliphatic heterocycles. The topological polar surface area (TPSA) is 58.1 Å². The summed E-state index contributed by atoms with van der Waals surface area (Å²) in [5.74, 6) is 1.44. The summed E-state index contributed by atoms with van der Waals surface area (Å²) in [5, 5.41) is 3.73. The number of rotatable bonds is 6. The molecule has 1 aromatic rings. The van der Waals surface area contributed by atoms with Gasteiger partial charge in [0.25, 0.3) is 0 Å². The van der Waals surface area contributed by atoms with E-state index in [2.05, 4.69) is 29.1 Å². The number of anilines is 1. The van der Waals surface area contributed by atoms with Crippen LogP contribution in [0.25, 0.3) is 0 Å². The van der Waals surface area contributed by atoms with Crippen molar-refractivity contribution in [1.82, 2.24) is 15.3 Å². The molecule has 0 saturated heterocycles. The molecular formula is C12H19ClN4OS. The fourth-order valence-electron chi connectivity index (χ4n) is 1.18. The predicted octanol–water partition coefficient (Wildman–Crippen LogP) is 2.06. The largest absolute Gasteiger partial charge is 0.363 e. The fraction of sp³-hybridized carbons (Fsp3) is 0.583. The lowest BCUT2D eigenvalue weighted by Crippen LogP contribution is -2.28. The van der Waals surface area contributed by atoms with Gasteiger partial charge in [0.05, 0.1) is 5.75 Å². The Labute approximate surface area is 123 Å².